The number of rotatable bonds is 62. The summed E-state index contributed by atoms with van der Waals surface area (Å²) in [5.74, 6) is -3.99. The molecule has 0 aromatic heterocycles. The number of carboxylic acid groups (broad SMARTS) is 2. The molecular weight excluding hydrogens is 1460 g/mol. The Kier molecular flexibility index (Phi) is 44.0. The van der Waals surface area contributed by atoms with Gasteiger partial charge in [0.25, 0.3) is 5.91 Å². The SMILES string of the molecule is CCCCCCCCCCCCCCC(CC(=O)NCCCNC(=O)C(C)(CC(CSCCNC(=O)c1cc(OCc2ccc(C(=O)c3ccccc3)cc2)cc(OCc2ccc(C(=O)c3ccccc3)cc2)c1)N1CCCC1=O)CC(C)(C)C(=O)NCCCNC(=O)C(CCCCCCCCCCCCC)CC(=O)O)C(=O)O. The minimum Gasteiger partial charge on any atom is -0.489 e. The van der Waals surface area contributed by atoms with Crippen LogP contribution < -0.4 is 36.1 Å². The fourth-order valence-corrected chi connectivity index (χ4v) is 15.9. The molecule has 4 unspecified atom stereocenters. The van der Waals surface area contributed by atoms with Gasteiger partial charge >= 0.3 is 11.9 Å². The van der Waals surface area contributed by atoms with Gasteiger partial charge in [-0.15, -0.1) is 0 Å². The number of thioether (sulfide) groups is 1. The van der Waals surface area contributed by atoms with Crippen LogP contribution in [0.15, 0.2) is 127 Å². The first-order valence-electron chi connectivity index (χ1n) is 42.6. The second kappa shape index (κ2) is 53.3. The highest BCUT2D eigenvalue weighted by Gasteiger charge is 2.45. The second-order valence-electron chi connectivity index (χ2n) is 32.0. The molecular formula is C93H132N6O14S. The lowest BCUT2D eigenvalue weighted by Crippen LogP contribution is -2.50. The zero-order chi connectivity index (χ0) is 82.2. The van der Waals surface area contributed by atoms with E-state index < -0.39 is 46.6 Å². The number of hydrogen-bond donors (Lipinski definition) is 7. The number of amides is 6. The van der Waals surface area contributed by atoms with Crippen LogP contribution in [0.25, 0.3) is 0 Å². The van der Waals surface area contributed by atoms with Crippen LogP contribution >= 0.6 is 11.8 Å². The lowest BCUT2D eigenvalue weighted by molar-refractivity contribution is -0.144. The van der Waals surface area contributed by atoms with Gasteiger partial charge in [-0.1, -0.05) is 291 Å². The van der Waals surface area contributed by atoms with Crippen LogP contribution in [0.3, 0.4) is 0 Å². The molecule has 7 N–H and O–H groups in total. The van der Waals surface area contributed by atoms with Crippen LogP contribution in [0, 0.1) is 22.7 Å². The standard InChI is InChI=1S/C93H132N6O14S/c1-6-8-10-12-14-16-18-20-22-24-26-30-43-77(89(108)109)62-82(100)94-53-36-56-98-91(111)93(5,69-92(3,4)90(110)97-55-37-54-95-87(106)76(63-84(102)103)42-29-25-23-21-19-17-15-13-11-9-7-2)65-79(99-58-35-44-83(99)101)68-114-59-57-96-88(107)78-60-80(112-66-70-45-49-74(50-46-70)85(104)72-38-31-27-32-39-72)64-81(61-78)113-67-71-47-51-75(52-48-71)86(105)73-40-33-28-34-41-73/h27-28,31-34,38-41,45-52,60-61,64,76-77,79H,6-26,29-30,35-37,42-44,53-59,62-63,65-69H2,1-5H3,(H,94,100)(H,95,106)(H,96,107)(H,97,110)(H,98,111)(H,102,103)(H,108,109). The van der Waals surface area contributed by atoms with Crippen molar-refractivity contribution in [3.05, 3.63) is 166 Å². The lowest BCUT2D eigenvalue weighted by atomic mass is 9.69. The first kappa shape index (κ1) is 94.0. The molecule has 0 aliphatic carbocycles. The summed E-state index contributed by atoms with van der Waals surface area (Å²) in [4.78, 5) is 136. The Morgan fingerprint density at radius 3 is 1.37 bits per heavy atom. The average molecular weight is 1590 g/mol. The molecule has 1 fully saturated rings. The van der Waals surface area contributed by atoms with Crippen LogP contribution in [0.4, 0.5) is 0 Å². The number of carboxylic acids is 2. The maximum Gasteiger partial charge on any atom is 0.307 e. The third-order valence-corrected chi connectivity index (χ3v) is 22.7. The third kappa shape index (κ3) is 35.9. The fourth-order valence-electron chi connectivity index (χ4n) is 15.0. The summed E-state index contributed by atoms with van der Waals surface area (Å²) in [6, 6.07) is 36.8. The van der Waals surface area contributed by atoms with Crippen molar-refractivity contribution in [3.63, 3.8) is 0 Å². The van der Waals surface area contributed by atoms with Crippen molar-refractivity contribution in [1.82, 2.24) is 31.5 Å². The maximum atomic E-state index is 15.0. The number of likely N-dealkylation sites (tertiary alicyclic amines) is 1. The van der Waals surface area contributed by atoms with E-state index in [1.807, 2.05) is 72.5 Å². The van der Waals surface area contributed by atoms with E-state index in [9.17, 15) is 58.2 Å². The quantitative estimate of drug-likeness (QED) is 0.0141. The van der Waals surface area contributed by atoms with Crippen molar-refractivity contribution < 1.29 is 67.6 Å². The van der Waals surface area contributed by atoms with Gasteiger partial charge in [0, 0.05) is 120 Å². The van der Waals surface area contributed by atoms with E-state index in [1.54, 1.807) is 80.6 Å². The van der Waals surface area contributed by atoms with E-state index in [2.05, 4.69) is 40.4 Å². The van der Waals surface area contributed by atoms with Gasteiger partial charge in [0.2, 0.25) is 29.5 Å². The highest BCUT2D eigenvalue weighted by atomic mass is 32.2. The number of hydrogen-bond acceptors (Lipinski definition) is 13. The van der Waals surface area contributed by atoms with Crippen LogP contribution in [0.1, 0.15) is 300 Å². The zero-order valence-electron chi connectivity index (χ0n) is 68.9. The van der Waals surface area contributed by atoms with Crippen molar-refractivity contribution >= 4 is 70.7 Å². The highest BCUT2D eigenvalue weighted by molar-refractivity contribution is 7.99. The van der Waals surface area contributed by atoms with Crippen molar-refractivity contribution in [2.75, 3.05) is 50.8 Å². The largest absolute Gasteiger partial charge is 0.489 e. The minimum absolute atomic E-state index is 0.0513. The van der Waals surface area contributed by atoms with Gasteiger partial charge in [-0.05, 0) is 68.2 Å². The number of nitrogens with one attached hydrogen (secondary N) is 5. The van der Waals surface area contributed by atoms with E-state index in [0.717, 1.165) is 62.5 Å². The first-order chi connectivity index (χ1) is 55.1. The van der Waals surface area contributed by atoms with Crippen molar-refractivity contribution in [1.29, 1.82) is 0 Å². The maximum absolute atomic E-state index is 15.0. The van der Waals surface area contributed by atoms with E-state index in [1.165, 1.54) is 108 Å². The van der Waals surface area contributed by atoms with Crippen molar-refractivity contribution in [2.45, 2.75) is 266 Å². The van der Waals surface area contributed by atoms with E-state index in [4.69, 9.17) is 9.47 Å². The van der Waals surface area contributed by atoms with Crippen molar-refractivity contribution in [2.24, 2.45) is 22.7 Å². The molecule has 5 aromatic carbocycles. The molecule has 1 aliphatic heterocycles. The number of unbranched alkanes of at least 4 members (excludes halogenated alkanes) is 21. The summed E-state index contributed by atoms with van der Waals surface area (Å²) in [6.07, 6.45) is 29.0. The molecule has 0 spiro atoms. The number of ketones is 2. The summed E-state index contributed by atoms with van der Waals surface area (Å²) in [5.41, 5.74) is 1.65. The van der Waals surface area contributed by atoms with Gasteiger partial charge in [-0.25, -0.2) is 0 Å². The van der Waals surface area contributed by atoms with Crippen LogP contribution in [-0.4, -0.2) is 131 Å². The Labute approximate surface area is 683 Å². The Bertz CT molecular complexity index is 3610. The summed E-state index contributed by atoms with van der Waals surface area (Å²) < 4.78 is 12.6. The van der Waals surface area contributed by atoms with Crippen molar-refractivity contribution in [3.8, 4) is 11.5 Å². The predicted octanol–water partition coefficient (Wildman–Crippen LogP) is 17.8. The molecule has 6 amide bonds. The molecule has 1 heterocycles. The normalized spacial score (nSPS) is 13.4. The van der Waals surface area contributed by atoms with Crippen LogP contribution in [0.5, 0.6) is 11.5 Å². The van der Waals surface area contributed by atoms with Gasteiger partial charge in [-0.3, -0.25) is 47.9 Å². The summed E-state index contributed by atoms with van der Waals surface area (Å²) >= 11 is 1.51. The summed E-state index contributed by atoms with van der Waals surface area (Å²) in [7, 11) is 0. The Morgan fingerprint density at radius 2 is 0.912 bits per heavy atom. The molecule has 20 nitrogen and oxygen atoms in total. The second-order valence-corrected chi connectivity index (χ2v) is 33.1. The molecule has 0 saturated carbocycles. The van der Waals surface area contributed by atoms with Crippen LogP contribution in [0.2, 0.25) is 0 Å². The number of ether oxygens (including phenoxy) is 2. The van der Waals surface area contributed by atoms with Gasteiger partial charge in [-0.2, -0.15) is 11.8 Å². The number of carbonyl (C=O) groups is 10. The molecule has 0 radical (unpaired) electrons. The van der Waals surface area contributed by atoms with Gasteiger partial charge in [0.15, 0.2) is 11.6 Å². The Balaban J connectivity index is 1.09. The van der Waals surface area contributed by atoms with Crippen LogP contribution in [-0.2, 0) is 46.8 Å². The van der Waals surface area contributed by atoms with Gasteiger partial charge < -0.3 is 51.2 Å². The number of aliphatic carboxylic acids is 2. The fraction of sp³-hybridized carbons (Fsp3) is 0.570. The predicted molar refractivity (Wildman–Crippen MR) is 453 cm³/mol. The number of carbonyl (C=O) groups excluding carboxylic acids is 8. The molecule has 6 rings (SSSR count). The molecule has 114 heavy (non-hydrogen) atoms. The van der Waals surface area contributed by atoms with E-state index in [-0.39, 0.29) is 118 Å². The van der Waals surface area contributed by atoms with Gasteiger partial charge in [0.1, 0.15) is 24.7 Å². The molecule has 21 heteroatoms. The highest BCUT2D eigenvalue weighted by Crippen LogP contribution is 2.41. The Morgan fingerprint density at radius 1 is 0.474 bits per heavy atom. The first-order valence-corrected chi connectivity index (χ1v) is 43.7. The smallest absolute Gasteiger partial charge is 0.307 e. The minimum atomic E-state index is -1.25. The molecule has 1 saturated heterocycles. The molecule has 0 bridgehead atoms. The number of nitrogens with zero attached hydrogens (tertiary/aromatic N) is 1. The molecule has 1 aliphatic rings. The van der Waals surface area contributed by atoms with E-state index in [0.29, 0.717) is 90.3 Å². The zero-order valence-corrected chi connectivity index (χ0v) is 69.7. The number of benzene rings is 5. The monoisotopic (exact) mass is 1590 g/mol. The summed E-state index contributed by atoms with van der Waals surface area (Å²) in [6.45, 7) is 11.5. The summed E-state index contributed by atoms with van der Waals surface area (Å²) in [5, 5.41) is 34.7. The molecule has 4 atom stereocenters. The third-order valence-electron chi connectivity index (χ3n) is 21.6. The van der Waals surface area contributed by atoms with E-state index >= 15 is 0 Å². The Hall–Kier alpha value is -8.85. The topological polar surface area (TPSA) is 293 Å². The lowest BCUT2D eigenvalue weighted by Gasteiger charge is -2.40. The molecule has 624 valence electrons. The van der Waals surface area contributed by atoms with Gasteiger partial charge in [0.05, 0.1) is 12.3 Å². The molecule has 5 aromatic rings. The average Bonchev–Trinajstić information content (AvgIpc) is 1.18.